The summed E-state index contributed by atoms with van der Waals surface area (Å²) >= 11 is 2.32. The van der Waals surface area contributed by atoms with E-state index in [4.69, 9.17) is 14.7 Å². The van der Waals surface area contributed by atoms with Crippen molar-refractivity contribution in [3.8, 4) is 11.1 Å². The van der Waals surface area contributed by atoms with Gasteiger partial charge >= 0.3 is 5.97 Å². The minimum absolute atomic E-state index is 0.193. The van der Waals surface area contributed by atoms with E-state index in [9.17, 15) is 4.79 Å². The summed E-state index contributed by atoms with van der Waals surface area (Å²) in [6, 6.07) is 8.51. The molecule has 0 N–H and O–H groups in total. The van der Waals surface area contributed by atoms with Crippen molar-refractivity contribution < 1.29 is 9.53 Å². The third-order valence-corrected chi connectivity index (χ3v) is 6.49. The van der Waals surface area contributed by atoms with E-state index in [1.165, 1.54) is 10.7 Å². The van der Waals surface area contributed by atoms with Gasteiger partial charge in [0.15, 0.2) is 5.65 Å². The Morgan fingerprint density at radius 1 is 1.24 bits per heavy atom. The maximum absolute atomic E-state index is 12.8. The van der Waals surface area contributed by atoms with Crippen LogP contribution in [0, 0.1) is 10.5 Å². The Labute approximate surface area is 185 Å². The summed E-state index contributed by atoms with van der Waals surface area (Å²) in [5.74, 6) is 0.583. The maximum atomic E-state index is 12.8. The molecule has 6 heteroatoms. The number of pyridine rings is 1. The first-order valence-electron chi connectivity index (χ1n) is 10.3. The van der Waals surface area contributed by atoms with E-state index in [1.807, 2.05) is 6.92 Å². The fourth-order valence-electron chi connectivity index (χ4n) is 4.47. The van der Waals surface area contributed by atoms with Crippen molar-refractivity contribution in [1.82, 2.24) is 14.5 Å². The van der Waals surface area contributed by atoms with Crippen LogP contribution in [-0.4, -0.2) is 27.6 Å². The number of hydrogen-bond donors (Lipinski definition) is 0. The highest BCUT2D eigenvalue weighted by molar-refractivity contribution is 14.1. The molecule has 3 aromatic rings. The molecule has 5 nitrogen and oxygen atoms in total. The van der Waals surface area contributed by atoms with Crippen LogP contribution in [0.5, 0.6) is 0 Å². The fraction of sp³-hybridized carbons (Fsp3) is 0.435. The number of nitrogens with zero attached hydrogens (tertiary/aromatic N) is 3. The molecular formula is C23H26IN3O2. The number of ether oxygens (including phenoxy) is 1. The van der Waals surface area contributed by atoms with Crippen LogP contribution in [0.2, 0.25) is 0 Å². The monoisotopic (exact) mass is 503 g/mol. The minimum Gasteiger partial charge on any atom is -0.469 e. The molecule has 1 unspecified atom stereocenters. The number of aromatic nitrogens is 3. The SMILES string of the molecule is CCCC(C(=O)OC)c1c(C)nc2nc3n(c2c1-c1ccc(I)cc1)CCCC3. The summed E-state index contributed by atoms with van der Waals surface area (Å²) in [4.78, 5) is 22.5. The number of methoxy groups -OCH3 is 1. The molecule has 0 aliphatic carbocycles. The number of aryl methyl sites for hydroxylation is 3. The molecule has 0 saturated heterocycles. The second kappa shape index (κ2) is 8.42. The lowest BCUT2D eigenvalue weighted by Gasteiger charge is -2.22. The van der Waals surface area contributed by atoms with Crippen LogP contribution in [0.25, 0.3) is 22.3 Å². The quantitative estimate of drug-likeness (QED) is 0.346. The van der Waals surface area contributed by atoms with Crippen molar-refractivity contribution in [3.63, 3.8) is 0 Å². The fourth-order valence-corrected chi connectivity index (χ4v) is 4.83. The van der Waals surface area contributed by atoms with Gasteiger partial charge in [-0.1, -0.05) is 25.5 Å². The topological polar surface area (TPSA) is 57.0 Å². The van der Waals surface area contributed by atoms with Gasteiger partial charge in [-0.2, -0.15) is 0 Å². The summed E-state index contributed by atoms with van der Waals surface area (Å²) in [7, 11) is 1.47. The second-order valence-electron chi connectivity index (χ2n) is 7.67. The molecule has 29 heavy (non-hydrogen) atoms. The molecule has 0 amide bonds. The molecule has 1 aliphatic heterocycles. The number of fused-ring (bicyclic) bond motifs is 3. The van der Waals surface area contributed by atoms with E-state index in [2.05, 4.69) is 58.3 Å². The number of benzene rings is 1. The zero-order chi connectivity index (χ0) is 20.5. The molecule has 0 spiro atoms. The first kappa shape index (κ1) is 20.3. The van der Waals surface area contributed by atoms with Crippen molar-refractivity contribution in [1.29, 1.82) is 0 Å². The summed E-state index contributed by atoms with van der Waals surface area (Å²) in [5, 5.41) is 0. The van der Waals surface area contributed by atoms with Crippen LogP contribution in [0.3, 0.4) is 0 Å². The third kappa shape index (κ3) is 3.67. The molecule has 1 aromatic carbocycles. The lowest BCUT2D eigenvalue weighted by atomic mass is 9.86. The van der Waals surface area contributed by atoms with Crippen molar-refractivity contribution in [3.05, 3.63) is 44.9 Å². The number of imidazole rings is 1. The molecule has 152 valence electrons. The number of esters is 1. The molecule has 0 saturated carbocycles. The van der Waals surface area contributed by atoms with E-state index in [0.29, 0.717) is 0 Å². The Bertz CT molecular complexity index is 1060. The van der Waals surface area contributed by atoms with Gasteiger partial charge in [0.05, 0.1) is 18.5 Å². The Morgan fingerprint density at radius 2 is 2.00 bits per heavy atom. The highest BCUT2D eigenvalue weighted by Gasteiger charge is 2.30. The lowest BCUT2D eigenvalue weighted by molar-refractivity contribution is -0.142. The summed E-state index contributed by atoms with van der Waals surface area (Å²) in [6.07, 6.45) is 4.91. The van der Waals surface area contributed by atoms with E-state index >= 15 is 0 Å². The number of rotatable bonds is 5. The maximum Gasteiger partial charge on any atom is 0.313 e. The summed E-state index contributed by atoms with van der Waals surface area (Å²) in [6.45, 7) is 5.04. The van der Waals surface area contributed by atoms with Gasteiger partial charge in [-0.05, 0) is 72.0 Å². The molecule has 1 atom stereocenters. The smallest absolute Gasteiger partial charge is 0.313 e. The third-order valence-electron chi connectivity index (χ3n) is 5.77. The van der Waals surface area contributed by atoms with Crippen LogP contribution >= 0.6 is 22.6 Å². The summed E-state index contributed by atoms with van der Waals surface area (Å²) in [5.41, 5.74) is 5.90. The van der Waals surface area contributed by atoms with Gasteiger partial charge in [-0.3, -0.25) is 4.79 Å². The minimum atomic E-state index is -0.328. The van der Waals surface area contributed by atoms with Gasteiger partial charge in [0, 0.05) is 27.8 Å². The van der Waals surface area contributed by atoms with Crippen LogP contribution in [-0.2, 0) is 22.5 Å². The predicted molar refractivity (Wildman–Crippen MR) is 123 cm³/mol. The van der Waals surface area contributed by atoms with E-state index in [-0.39, 0.29) is 11.9 Å². The second-order valence-corrected chi connectivity index (χ2v) is 8.91. The van der Waals surface area contributed by atoms with Gasteiger partial charge in [-0.25, -0.2) is 9.97 Å². The van der Waals surface area contributed by atoms with Gasteiger partial charge in [-0.15, -0.1) is 0 Å². The molecule has 0 fully saturated rings. The van der Waals surface area contributed by atoms with Gasteiger partial charge in [0.2, 0.25) is 0 Å². The summed E-state index contributed by atoms with van der Waals surface area (Å²) < 4.78 is 8.71. The highest BCUT2D eigenvalue weighted by atomic mass is 127. The zero-order valence-electron chi connectivity index (χ0n) is 17.2. The molecule has 1 aliphatic rings. The van der Waals surface area contributed by atoms with E-state index in [0.717, 1.165) is 78.0 Å². The average molecular weight is 503 g/mol. The molecule has 0 radical (unpaired) electrons. The standard InChI is InChI=1S/C23H26IN3O2/c1-4-7-17(23(28)29-3)19-14(2)25-22-21(27-13-6-5-8-18(27)26-22)20(19)15-9-11-16(24)12-10-15/h9-12,17H,4-8,13H2,1-3H3. The van der Waals surface area contributed by atoms with Crippen molar-refractivity contribution in [2.24, 2.45) is 0 Å². The van der Waals surface area contributed by atoms with Crippen LogP contribution in [0.15, 0.2) is 24.3 Å². The van der Waals surface area contributed by atoms with Crippen LogP contribution < -0.4 is 0 Å². The number of halogens is 1. The first-order chi connectivity index (χ1) is 14.0. The van der Waals surface area contributed by atoms with E-state index < -0.39 is 0 Å². The predicted octanol–water partition coefficient (Wildman–Crippen LogP) is 5.40. The van der Waals surface area contributed by atoms with Gasteiger partial charge in [0.25, 0.3) is 0 Å². The van der Waals surface area contributed by atoms with E-state index in [1.54, 1.807) is 0 Å². The van der Waals surface area contributed by atoms with Crippen LogP contribution in [0.1, 0.15) is 55.6 Å². The average Bonchev–Trinajstić information content (AvgIpc) is 3.09. The number of carbonyl (C=O) groups excluding carboxylic acids is 1. The Morgan fingerprint density at radius 3 is 2.69 bits per heavy atom. The highest BCUT2D eigenvalue weighted by Crippen LogP contribution is 2.40. The van der Waals surface area contributed by atoms with Crippen molar-refractivity contribution >= 4 is 39.7 Å². The molecular weight excluding hydrogens is 477 g/mol. The molecule has 2 aromatic heterocycles. The molecule has 3 heterocycles. The molecule has 4 rings (SSSR count). The van der Waals surface area contributed by atoms with Crippen molar-refractivity contribution in [2.75, 3.05) is 7.11 Å². The first-order valence-corrected chi connectivity index (χ1v) is 11.4. The van der Waals surface area contributed by atoms with Crippen LogP contribution in [0.4, 0.5) is 0 Å². The number of hydrogen-bond acceptors (Lipinski definition) is 4. The number of carbonyl (C=O) groups is 1. The zero-order valence-corrected chi connectivity index (χ0v) is 19.3. The normalized spacial score (nSPS) is 14.6. The lowest BCUT2D eigenvalue weighted by Crippen LogP contribution is -2.18. The van der Waals surface area contributed by atoms with Gasteiger partial charge < -0.3 is 9.30 Å². The Hall–Kier alpha value is -1.96. The van der Waals surface area contributed by atoms with Crippen molar-refractivity contribution in [2.45, 2.75) is 58.4 Å². The molecule has 0 bridgehead atoms. The Balaban J connectivity index is 2.08. The largest absolute Gasteiger partial charge is 0.469 e. The van der Waals surface area contributed by atoms with Gasteiger partial charge in [0.1, 0.15) is 5.82 Å². The Kier molecular flexibility index (Phi) is 5.90.